The summed E-state index contributed by atoms with van der Waals surface area (Å²) in [6.45, 7) is 6.23. The zero-order valence-electron chi connectivity index (χ0n) is 15.6. The third-order valence-corrected chi connectivity index (χ3v) is 3.99. The van der Waals surface area contributed by atoms with E-state index in [-0.39, 0.29) is 11.7 Å². The number of benzene rings is 2. The molecule has 0 aromatic heterocycles. The van der Waals surface area contributed by atoms with Gasteiger partial charge in [-0.1, -0.05) is 37.0 Å². The van der Waals surface area contributed by atoms with Gasteiger partial charge in [-0.3, -0.25) is 4.79 Å². The zero-order valence-corrected chi connectivity index (χ0v) is 15.6. The number of ketones is 1. The van der Waals surface area contributed by atoms with Gasteiger partial charge >= 0.3 is 0 Å². The lowest BCUT2D eigenvalue weighted by Crippen LogP contribution is -2.22. The number of rotatable bonds is 6. The minimum Gasteiger partial charge on any atom is -0.352 e. The molecule has 26 heavy (non-hydrogen) atoms. The molecule has 0 aliphatic heterocycles. The molecule has 0 radical (unpaired) electrons. The number of nitrogens with one attached hydrogen (secondary N) is 1. The topological polar surface area (TPSA) is 46.2 Å². The van der Waals surface area contributed by atoms with Gasteiger partial charge in [0.1, 0.15) is 5.78 Å². The Morgan fingerprint density at radius 1 is 1.04 bits per heavy atom. The molecule has 0 heterocycles. The molecule has 0 bridgehead atoms. The fourth-order valence-electron chi connectivity index (χ4n) is 2.83. The van der Waals surface area contributed by atoms with Crippen LogP contribution in [-0.4, -0.2) is 18.2 Å². The normalized spacial score (nSPS) is 11.2. The lowest BCUT2D eigenvalue weighted by molar-refractivity contribution is -0.117. The van der Waals surface area contributed by atoms with Crippen molar-refractivity contribution in [3.05, 3.63) is 70.8 Å². The smallest absolute Gasteiger partial charge is 0.251 e. The molecule has 0 fully saturated rings. The van der Waals surface area contributed by atoms with Crippen molar-refractivity contribution in [2.75, 3.05) is 6.54 Å². The van der Waals surface area contributed by atoms with Gasteiger partial charge in [0.15, 0.2) is 0 Å². The molecule has 1 amide bonds. The van der Waals surface area contributed by atoms with Gasteiger partial charge in [0.05, 0.1) is 0 Å². The van der Waals surface area contributed by atoms with Crippen molar-refractivity contribution >= 4 is 11.7 Å². The molecular formula is C23H25NO2. The first kappa shape index (κ1) is 19.5. The Hall–Kier alpha value is -2.86. The fraction of sp³-hybridized carbons (Fsp3) is 0.304. The van der Waals surface area contributed by atoms with Crippen molar-refractivity contribution < 1.29 is 9.59 Å². The highest BCUT2D eigenvalue weighted by atomic mass is 16.1. The van der Waals surface area contributed by atoms with Gasteiger partial charge in [0.2, 0.25) is 0 Å². The van der Waals surface area contributed by atoms with E-state index in [4.69, 9.17) is 0 Å². The second-order valence-corrected chi connectivity index (χ2v) is 6.60. The van der Waals surface area contributed by atoms with Crippen LogP contribution in [0.2, 0.25) is 0 Å². The Morgan fingerprint density at radius 2 is 1.73 bits per heavy atom. The molecule has 2 aromatic carbocycles. The van der Waals surface area contributed by atoms with Crippen LogP contribution in [0.25, 0.3) is 0 Å². The number of carbonyl (C=O) groups excluding carboxylic acids is 2. The van der Waals surface area contributed by atoms with Crippen molar-refractivity contribution in [2.24, 2.45) is 5.92 Å². The largest absolute Gasteiger partial charge is 0.352 e. The first-order valence-electron chi connectivity index (χ1n) is 8.96. The quantitative estimate of drug-likeness (QED) is 0.803. The van der Waals surface area contributed by atoms with Crippen LogP contribution in [0, 0.1) is 17.8 Å². The first-order valence-corrected chi connectivity index (χ1v) is 8.96. The number of amides is 1. The second-order valence-electron chi connectivity index (χ2n) is 6.60. The summed E-state index contributed by atoms with van der Waals surface area (Å²) >= 11 is 0. The lowest BCUT2D eigenvalue weighted by atomic mass is 9.96. The summed E-state index contributed by atoms with van der Waals surface area (Å²) < 4.78 is 0. The van der Waals surface area contributed by atoms with Crippen LogP contribution >= 0.6 is 0 Å². The number of carbonyl (C=O) groups is 2. The summed E-state index contributed by atoms with van der Waals surface area (Å²) in [6.07, 6.45) is 1.51. The van der Waals surface area contributed by atoms with Crippen molar-refractivity contribution in [3.63, 3.8) is 0 Å². The molecule has 1 unspecified atom stereocenters. The molecule has 0 spiro atoms. The third-order valence-electron chi connectivity index (χ3n) is 3.99. The standard InChI is InChI=1S/C23H25NO2/c1-4-24-23(26)22-7-5-6-20(16-22)11-8-19-9-12-21(13-10-19)15-17(2)14-18(3)25/h5-7,9-10,12-13,16-17H,4,14-15H2,1-3H3,(H,24,26). The van der Waals surface area contributed by atoms with E-state index < -0.39 is 0 Å². The Balaban J connectivity index is 2.05. The lowest BCUT2D eigenvalue weighted by Gasteiger charge is -2.09. The van der Waals surface area contributed by atoms with E-state index in [0.29, 0.717) is 24.4 Å². The van der Waals surface area contributed by atoms with E-state index in [1.807, 2.05) is 31.2 Å². The summed E-state index contributed by atoms with van der Waals surface area (Å²) in [7, 11) is 0. The number of Topliss-reactive ketones (excluding diaryl/α,β-unsaturated/α-hetero) is 1. The SMILES string of the molecule is CCNC(=O)c1cccc(C#Cc2ccc(CC(C)CC(C)=O)cc2)c1. The van der Waals surface area contributed by atoms with Gasteiger partial charge in [0.25, 0.3) is 5.91 Å². The predicted octanol–water partition coefficient (Wildman–Crippen LogP) is 3.99. The van der Waals surface area contributed by atoms with Crippen molar-refractivity contribution in [1.29, 1.82) is 0 Å². The molecule has 0 aliphatic rings. The van der Waals surface area contributed by atoms with Crippen molar-refractivity contribution in [2.45, 2.75) is 33.6 Å². The van der Waals surface area contributed by atoms with Crippen LogP contribution < -0.4 is 5.32 Å². The zero-order chi connectivity index (χ0) is 18.9. The van der Waals surface area contributed by atoms with E-state index in [9.17, 15) is 9.59 Å². The van der Waals surface area contributed by atoms with Crippen LogP contribution in [-0.2, 0) is 11.2 Å². The van der Waals surface area contributed by atoms with E-state index in [0.717, 1.165) is 17.5 Å². The van der Waals surface area contributed by atoms with Crippen LogP contribution in [0.4, 0.5) is 0 Å². The highest BCUT2D eigenvalue weighted by molar-refractivity contribution is 5.94. The first-order chi connectivity index (χ1) is 12.5. The molecule has 3 nitrogen and oxygen atoms in total. The van der Waals surface area contributed by atoms with E-state index in [2.05, 4.69) is 36.2 Å². The maximum Gasteiger partial charge on any atom is 0.251 e. The van der Waals surface area contributed by atoms with Crippen LogP contribution in [0.5, 0.6) is 0 Å². The molecule has 2 aromatic rings. The van der Waals surface area contributed by atoms with E-state index in [1.54, 1.807) is 19.1 Å². The summed E-state index contributed by atoms with van der Waals surface area (Å²) in [5, 5.41) is 2.79. The highest BCUT2D eigenvalue weighted by Crippen LogP contribution is 2.13. The van der Waals surface area contributed by atoms with Crippen LogP contribution in [0.1, 0.15) is 54.2 Å². The third kappa shape index (κ3) is 6.22. The molecule has 134 valence electrons. The van der Waals surface area contributed by atoms with Crippen molar-refractivity contribution in [1.82, 2.24) is 5.32 Å². The average Bonchev–Trinajstić information content (AvgIpc) is 2.61. The Labute approximate surface area is 155 Å². The van der Waals surface area contributed by atoms with Gasteiger partial charge in [-0.15, -0.1) is 0 Å². The Kier molecular flexibility index (Phi) is 7.17. The summed E-state index contributed by atoms with van der Waals surface area (Å²) in [6, 6.07) is 15.4. The molecule has 3 heteroatoms. The maximum atomic E-state index is 11.9. The minimum absolute atomic E-state index is 0.0832. The van der Waals surface area contributed by atoms with Crippen LogP contribution in [0.15, 0.2) is 48.5 Å². The summed E-state index contributed by atoms with van der Waals surface area (Å²) in [5.74, 6) is 6.74. The fourth-order valence-corrected chi connectivity index (χ4v) is 2.83. The van der Waals surface area contributed by atoms with Gasteiger partial charge in [0, 0.05) is 29.7 Å². The summed E-state index contributed by atoms with van der Waals surface area (Å²) in [5.41, 5.74) is 3.57. The van der Waals surface area contributed by atoms with Gasteiger partial charge in [-0.25, -0.2) is 0 Å². The summed E-state index contributed by atoms with van der Waals surface area (Å²) in [4.78, 5) is 23.1. The monoisotopic (exact) mass is 347 g/mol. The maximum absolute atomic E-state index is 11.9. The van der Waals surface area contributed by atoms with E-state index in [1.165, 1.54) is 5.56 Å². The molecule has 1 atom stereocenters. The van der Waals surface area contributed by atoms with E-state index >= 15 is 0 Å². The molecular weight excluding hydrogens is 322 g/mol. The van der Waals surface area contributed by atoms with Crippen molar-refractivity contribution in [3.8, 4) is 11.8 Å². The molecule has 0 saturated carbocycles. The Morgan fingerprint density at radius 3 is 2.38 bits per heavy atom. The second kappa shape index (κ2) is 9.58. The number of hydrogen-bond donors (Lipinski definition) is 1. The highest BCUT2D eigenvalue weighted by Gasteiger charge is 2.06. The Bertz CT molecular complexity index is 825. The average molecular weight is 347 g/mol. The van der Waals surface area contributed by atoms with Crippen LogP contribution in [0.3, 0.4) is 0 Å². The molecule has 2 rings (SSSR count). The van der Waals surface area contributed by atoms with Gasteiger partial charge < -0.3 is 10.1 Å². The van der Waals surface area contributed by atoms with Gasteiger partial charge in [-0.2, -0.15) is 0 Å². The molecule has 0 saturated heterocycles. The molecule has 0 aliphatic carbocycles. The minimum atomic E-state index is -0.0832. The number of hydrogen-bond acceptors (Lipinski definition) is 2. The van der Waals surface area contributed by atoms with Gasteiger partial charge in [-0.05, 0) is 62.1 Å². The molecule has 1 N–H and O–H groups in total. The predicted molar refractivity (Wildman–Crippen MR) is 105 cm³/mol.